The lowest BCUT2D eigenvalue weighted by atomic mass is 9.94. The third-order valence-electron chi connectivity index (χ3n) is 9.24. The highest BCUT2D eigenvalue weighted by atomic mass is 16.5. The number of amides is 1. The van der Waals surface area contributed by atoms with Crippen molar-refractivity contribution in [2.45, 2.75) is 195 Å². The number of quaternary nitrogens is 1. The number of unbranched alkanes of at least 4 members (excludes halogenated alkanes) is 16. The van der Waals surface area contributed by atoms with Crippen LogP contribution in [0.15, 0.2) is 0 Å². The van der Waals surface area contributed by atoms with Crippen LogP contribution in [0.25, 0.3) is 0 Å². The molecule has 0 aromatic carbocycles. The first-order valence-corrected chi connectivity index (χ1v) is 19.8. The average Bonchev–Trinajstić information content (AvgIpc) is 3.04. The molecule has 0 aromatic rings. The summed E-state index contributed by atoms with van der Waals surface area (Å²) in [7, 11) is 0. The Kier molecular flexibility index (Phi) is 30.8. The highest BCUT2D eigenvalue weighted by Crippen LogP contribution is 2.22. The average molecular weight is 654 g/mol. The van der Waals surface area contributed by atoms with Gasteiger partial charge >= 0.3 is 11.9 Å². The number of hydrogen-bond donors (Lipinski definition) is 1. The van der Waals surface area contributed by atoms with Gasteiger partial charge in [0.15, 0.2) is 6.04 Å². The summed E-state index contributed by atoms with van der Waals surface area (Å²) < 4.78 is 11.5. The Labute approximate surface area is 284 Å². The fraction of sp³-hybridized carbons (Fsp3) is 0.923. The molecule has 3 N–H and O–H groups in total. The molecule has 0 fully saturated rings. The smallest absolute Gasteiger partial charge is 0.308 e. The van der Waals surface area contributed by atoms with Gasteiger partial charge < -0.3 is 20.1 Å². The fourth-order valence-electron chi connectivity index (χ4n) is 6.13. The first-order chi connectivity index (χ1) is 22.3. The van der Waals surface area contributed by atoms with Crippen molar-refractivity contribution < 1.29 is 29.6 Å². The van der Waals surface area contributed by atoms with Crippen LogP contribution in [-0.2, 0) is 23.9 Å². The zero-order valence-electron chi connectivity index (χ0n) is 31.2. The van der Waals surface area contributed by atoms with E-state index in [1.807, 2.05) is 0 Å². The first-order valence-electron chi connectivity index (χ1n) is 19.8. The molecule has 46 heavy (non-hydrogen) atoms. The molecule has 0 aliphatic heterocycles. The van der Waals surface area contributed by atoms with Crippen LogP contribution in [0.2, 0.25) is 0 Å². The Hall–Kier alpha value is -1.63. The Bertz CT molecular complexity index is 679. The molecule has 0 saturated heterocycles. The van der Waals surface area contributed by atoms with Gasteiger partial charge in [0.1, 0.15) is 13.2 Å². The number of rotatable bonds is 33. The minimum absolute atomic E-state index is 0.0687. The predicted octanol–water partition coefficient (Wildman–Crippen LogP) is 9.21. The molecule has 0 aliphatic carbocycles. The number of nitrogens with zero attached hydrogens (tertiary/aromatic N) is 1. The van der Waals surface area contributed by atoms with E-state index in [1.165, 1.54) is 89.9 Å². The largest absolute Gasteiger partial charge is 0.464 e. The second kappa shape index (κ2) is 31.9. The molecule has 0 heterocycles. The molecule has 0 spiro atoms. The Morgan fingerprint density at radius 3 is 1.09 bits per heavy atom. The van der Waals surface area contributed by atoms with Crippen LogP contribution in [0.3, 0.4) is 0 Å². The van der Waals surface area contributed by atoms with Gasteiger partial charge in [-0.25, -0.2) is 0 Å². The van der Waals surface area contributed by atoms with Crippen LogP contribution >= 0.6 is 0 Å². The van der Waals surface area contributed by atoms with Crippen molar-refractivity contribution in [3.63, 3.8) is 0 Å². The third-order valence-corrected chi connectivity index (χ3v) is 9.24. The molecule has 3 unspecified atom stereocenters. The zero-order valence-corrected chi connectivity index (χ0v) is 31.2. The molecule has 1 amide bonds. The molecule has 0 bridgehead atoms. The summed E-state index contributed by atoms with van der Waals surface area (Å²) in [6.07, 6.45) is 27.1. The van der Waals surface area contributed by atoms with Gasteiger partial charge in [0.25, 0.3) is 5.91 Å². The summed E-state index contributed by atoms with van der Waals surface area (Å²) in [5.41, 5.74) is 3.91. The summed E-state index contributed by atoms with van der Waals surface area (Å²) in [6, 6.07) is -0.426. The highest BCUT2D eigenvalue weighted by Gasteiger charge is 2.24. The molecule has 0 aliphatic rings. The minimum Gasteiger partial charge on any atom is -0.464 e. The second-order valence-electron chi connectivity index (χ2n) is 13.8. The monoisotopic (exact) mass is 654 g/mol. The minimum atomic E-state index is -0.426. The Morgan fingerprint density at radius 2 is 0.783 bits per heavy atom. The maximum atomic E-state index is 13.1. The maximum absolute atomic E-state index is 13.1. The zero-order chi connectivity index (χ0) is 34.3. The molecular weight excluding hydrogens is 576 g/mol. The lowest BCUT2D eigenvalue weighted by molar-refractivity contribution is -0.400. The molecule has 7 heteroatoms. The van der Waals surface area contributed by atoms with Crippen LogP contribution in [-0.4, -0.2) is 55.1 Å². The molecule has 0 aromatic heterocycles. The van der Waals surface area contributed by atoms with E-state index in [1.54, 1.807) is 11.8 Å². The quantitative estimate of drug-likeness (QED) is 0.0562. The number of carbonyl (C=O) groups excluding carboxylic acids is 3. The van der Waals surface area contributed by atoms with Crippen molar-refractivity contribution in [1.29, 1.82) is 0 Å². The van der Waals surface area contributed by atoms with Gasteiger partial charge in [-0.1, -0.05) is 156 Å². The van der Waals surface area contributed by atoms with Gasteiger partial charge in [-0.15, -0.1) is 0 Å². The van der Waals surface area contributed by atoms with Crippen molar-refractivity contribution in [2.75, 3.05) is 26.3 Å². The van der Waals surface area contributed by atoms with Crippen LogP contribution in [0, 0.1) is 11.8 Å². The predicted molar refractivity (Wildman–Crippen MR) is 191 cm³/mol. The summed E-state index contributed by atoms with van der Waals surface area (Å²) in [5, 5.41) is 0. The van der Waals surface area contributed by atoms with E-state index in [-0.39, 0.29) is 42.9 Å². The van der Waals surface area contributed by atoms with E-state index in [4.69, 9.17) is 9.47 Å². The lowest BCUT2D eigenvalue weighted by Crippen LogP contribution is -2.66. The van der Waals surface area contributed by atoms with E-state index in [2.05, 4.69) is 33.4 Å². The van der Waals surface area contributed by atoms with Gasteiger partial charge in [0.2, 0.25) is 0 Å². The summed E-state index contributed by atoms with van der Waals surface area (Å²) in [6.45, 7) is 11.5. The van der Waals surface area contributed by atoms with Crippen LogP contribution in [0.1, 0.15) is 189 Å². The first kappa shape index (κ1) is 44.4. The molecule has 3 atom stereocenters. The van der Waals surface area contributed by atoms with Crippen LogP contribution in [0.5, 0.6) is 0 Å². The van der Waals surface area contributed by atoms with Gasteiger partial charge in [0, 0.05) is 0 Å². The Balaban J connectivity index is 4.95. The standard InChI is InChI=1S/C39H76N2O5/c1-6-10-14-18-20-24-28-35(26-22-16-12-8-3)38(43)45-32-30-41(37(42)34(5)40)31-33-46-39(44)36(27-23-17-13-9-4)29-25-21-19-15-11-7-2/h34-36H,6-33,40H2,1-5H3/p+1. The van der Waals surface area contributed by atoms with Crippen LogP contribution < -0.4 is 5.73 Å². The van der Waals surface area contributed by atoms with Gasteiger partial charge in [-0.3, -0.25) is 14.4 Å². The molecule has 0 radical (unpaired) electrons. The van der Waals surface area contributed by atoms with Crippen molar-refractivity contribution >= 4 is 17.8 Å². The molecule has 0 rings (SSSR count). The number of carbonyl (C=O) groups is 3. The lowest BCUT2D eigenvalue weighted by Gasteiger charge is -2.24. The van der Waals surface area contributed by atoms with Gasteiger partial charge in [-0.2, -0.15) is 0 Å². The topological polar surface area (TPSA) is 101 Å². The van der Waals surface area contributed by atoms with Crippen molar-refractivity contribution in [1.82, 2.24) is 4.90 Å². The molecule has 7 nitrogen and oxygen atoms in total. The van der Waals surface area contributed by atoms with Gasteiger partial charge in [-0.05, 0) is 32.6 Å². The summed E-state index contributed by atoms with van der Waals surface area (Å²) in [5.74, 6) is -0.514. The number of ether oxygens (including phenoxy) is 2. The summed E-state index contributed by atoms with van der Waals surface area (Å²) in [4.78, 5) is 40.8. The Morgan fingerprint density at radius 1 is 0.500 bits per heavy atom. The number of esters is 2. The molecule has 272 valence electrons. The summed E-state index contributed by atoms with van der Waals surface area (Å²) >= 11 is 0. The SMILES string of the molecule is CCCCCCCCC(CCCCCC)C(=O)OCCN(CCOC(=O)C(CCCCCC)CCCCCCCC)C(=O)C(C)[NH3+]. The number of hydrogen-bond acceptors (Lipinski definition) is 5. The maximum Gasteiger partial charge on any atom is 0.308 e. The van der Waals surface area contributed by atoms with Crippen molar-refractivity contribution in [2.24, 2.45) is 11.8 Å². The normalized spacial score (nSPS) is 13.3. The van der Waals surface area contributed by atoms with E-state index >= 15 is 0 Å². The van der Waals surface area contributed by atoms with E-state index in [0.29, 0.717) is 13.1 Å². The van der Waals surface area contributed by atoms with Crippen molar-refractivity contribution in [3.05, 3.63) is 0 Å². The van der Waals surface area contributed by atoms with Gasteiger partial charge in [0.05, 0.1) is 24.9 Å². The molecule has 0 saturated carbocycles. The third kappa shape index (κ3) is 24.5. The highest BCUT2D eigenvalue weighted by molar-refractivity contribution is 5.80. The van der Waals surface area contributed by atoms with Crippen molar-refractivity contribution in [3.8, 4) is 0 Å². The van der Waals surface area contributed by atoms with E-state index < -0.39 is 6.04 Å². The van der Waals surface area contributed by atoms with E-state index in [0.717, 1.165) is 64.2 Å². The second-order valence-corrected chi connectivity index (χ2v) is 13.8. The fourth-order valence-corrected chi connectivity index (χ4v) is 6.13. The van der Waals surface area contributed by atoms with Crippen LogP contribution in [0.4, 0.5) is 0 Å². The molecular formula is C39H77N2O5+. The van der Waals surface area contributed by atoms with E-state index in [9.17, 15) is 14.4 Å².